The van der Waals surface area contributed by atoms with Crippen LogP contribution >= 0.6 is 27.3 Å². The number of fused-ring (bicyclic) bond motifs is 1. The molecule has 6 nitrogen and oxygen atoms in total. The average molecular weight is 488 g/mol. The Bertz CT molecular complexity index is 1160. The van der Waals surface area contributed by atoms with Crippen LogP contribution in [-0.2, 0) is 11.3 Å². The molecule has 9 heteroatoms. The van der Waals surface area contributed by atoms with E-state index in [1.165, 1.54) is 40.5 Å². The zero-order valence-electron chi connectivity index (χ0n) is 15.8. The van der Waals surface area contributed by atoms with Gasteiger partial charge in [0.2, 0.25) is 5.91 Å². The Labute approximate surface area is 184 Å². The number of benzene rings is 2. The van der Waals surface area contributed by atoms with E-state index in [9.17, 15) is 18.8 Å². The van der Waals surface area contributed by atoms with Crippen LogP contribution < -0.4 is 4.90 Å². The monoisotopic (exact) mass is 487 g/mol. The first-order valence-corrected chi connectivity index (χ1v) is 10.6. The molecule has 1 aliphatic heterocycles. The van der Waals surface area contributed by atoms with Gasteiger partial charge in [0.05, 0.1) is 28.4 Å². The summed E-state index contributed by atoms with van der Waals surface area (Å²) in [5.74, 6) is -1.94. The fraction of sp³-hybridized carbons (Fsp3) is 0.143. The molecular formula is C21H15BrFN3O3S. The van der Waals surface area contributed by atoms with E-state index in [1.54, 1.807) is 18.2 Å². The van der Waals surface area contributed by atoms with Gasteiger partial charge >= 0.3 is 0 Å². The molecule has 0 bridgehead atoms. The first kappa shape index (κ1) is 20.4. The van der Waals surface area contributed by atoms with Gasteiger partial charge in [-0.1, -0.05) is 15.9 Å². The number of amides is 3. The van der Waals surface area contributed by atoms with E-state index >= 15 is 0 Å². The molecule has 0 atom stereocenters. The summed E-state index contributed by atoms with van der Waals surface area (Å²) in [6, 6.07) is 10.3. The van der Waals surface area contributed by atoms with Gasteiger partial charge in [-0.25, -0.2) is 9.37 Å². The van der Waals surface area contributed by atoms with E-state index in [0.717, 1.165) is 9.91 Å². The van der Waals surface area contributed by atoms with E-state index in [4.69, 9.17) is 0 Å². The highest BCUT2D eigenvalue weighted by Gasteiger charge is 2.37. The number of halogens is 2. The van der Waals surface area contributed by atoms with E-state index in [1.807, 2.05) is 12.3 Å². The maximum atomic E-state index is 13.4. The van der Waals surface area contributed by atoms with Gasteiger partial charge in [0.15, 0.2) is 0 Å². The normalized spacial score (nSPS) is 13.0. The van der Waals surface area contributed by atoms with Crippen molar-refractivity contribution < 1.29 is 18.8 Å². The van der Waals surface area contributed by atoms with E-state index in [2.05, 4.69) is 20.9 Å². The van der Waals surface area contributed by atoms with Crippen molar-refractivity contribution in [3.63, 3.8) is 0 Å². The van der Waals surface area contributed by atoms with Crippen molar-refractivity contribution in [1.29, 1.82) is 0 Å². The third-order valence-corrected chi connectivity index (χ3v) is 5.97. The fourth-order valence-electron chi connectivity index (χ4n) is 3.21. The van der Waals surface area contributed by atoms with Crippen LogP contribution in [-0.4, -0.2) is 34.2 Å². The maximum absolute atomic E-state index is 13.4. The Kier molecular flexibility index (Phi) is 5.48. The lowest BCUT2D eigenvalue weighted by Crippen LogP contribution is -2.42. The lowest BCUT2D eigenvalue weighted by atomic mass is 10.1. The highest BCUT2D eigenvalue weighted by atomic mass is 79.9. The predicted octanol–water partition coefficient (Wildman–Crippen LogP) is 4.18. The molecule has 0 saturated heterocycles. The molecule has 2 heterocycles. The summed E-state index contributed by atoms with van der Waals surface area (Å²) in [6.45, 7) is 1.57. The van der Waals surface area contributed by atoms with Gasteiger partial charge in [-0.3, -0.25) is 19.3 Å². The summed E-state index contributed by atoms with van der Waals surface area (Å²) >= 11 is 4.74. The van der Waals surface area contributed by atoms with E-state index < -0.39 is 30.1 Å². The van der Waals surface area contributed by atoms with Crippen molar-refractivity contribution in [3.05, 3.63) is 80.0 Å². The van der Waals surface area contributed by atoms with Gasteiger partial charge in [-0.15, -0.1) is 11.3 Å². The van der Waals surface area contributed by atoms with Crippen molar-refractivity contribution in [2.45, 2.75) is 13.5 Å². The topological polar surface area (TPSA) is 70.6 Å². The Morgan fingerprint density at radius 3 is 2.50 bits per heavy atom. The van der Waals surface area contributed by atoms with Crippen LogP contribution in [0.1, 0.15) is 31.4 Å². The highest BCUT2D eigenvalue weighted by molar-refractivity contribution is 9.10. The molecule has 0 radical (unpaired) electrons. The summed E-state index contributed by atoms with van der Waals surface area (Å²) in [5.41, 5.74) is 1.64. The Balaban J connectivity index is 1.61. The van der Waals surface area contributed by atoms with E-state index in [0.29, 0.717) is 15.9 Å². The van der Waals surface area contributed by atoms with Gasteiger partial charge < -0.3 is 4.90 Å². The summed E-state index contributed by atoms with van der Waals surface area (Å²) < 4.78 is 14.0. The lowest BCUT2D eigenvalue weighted by Gasteiger charge is -2.24. The number of hydrogen-bond donors (Lipinski definition) is 0. The second-order valence-corrected chi connectivity index (χ2v) is 8.68. The van der Waals surface area contributed by atoms with Gasteiger partial charge in [0.25, 0.3) is 11.8 Å². The molecule has 1 aromatic heterocycles. The number of hydrogen-bond acceptors (Lipinski definition) is 5. The number of thiazole rings is 1. The summed E-state index contributed by atoms with van der Waals surface area (Å²) in [6.07, 6.45) is 0. The predicted molar refractivity (Wildman–Crippen MR) is 114 cm³/mol. The smallest absolute Gasteiger partial charge is 0.262 e. The van der Waals surface area contributed by atoms with Gasteiger partial charge in [-0.05, 0) is 49.4 Å². The molecule has 3 aromatic rings. The van der Waals surface area contributed by atoms with Crippen molar-refractivity contribution in [3.8, 4) is 0 Å². The minimum absolute atomic E-state index is 0.142. The maximum Gasteiger partial charge on any atom is 0.262 e. The van der Waals surface area contributed by atoms with Crippen LogP contribution in [0.2, 0.25) is 0 Å². The Morgan fingerprint density at radius 2 is 1.83 bits per heavy atom. The first-order valence-electron chi connectivity index (χ1n) is 8.96. The fourth-order valence-corrected chi connectivity index (χ4v) is 4.18. The van der Waals surface area contributed by atoms with Crippen LogP contribution in [0.15, 0.2) is 52.3 Å². The number of carbonyl (C=O) groups excluding carboxylic acids is 3. The van der Waals surface area contributed by atoms with Gasteiger partial charge in [0.1, 0.15) is 12.4 Å². The summed E-state index contributed by atoms with van der Waals surface area (Å²) in [5, 5.41) is 2.68. The number of nitrogens with zero attached hydrogens (tertiary/aromatic N) is 3. The number of carbonyl (C=O) groups is 3. The van der Waals surface area contributed by atoms with Gasteiger partial charge in [0, 0.05) is 15.5 Å². The van der Waals surface area contributed by atoms with Crippen LogP contribution in [0.4, 0.5) is 10.1 Å². The number of aromatic nitrogens is 1. The molecule has 0 fully saturated rings. The first-order chi connectivity index (χ1) is 14.3. The highest BCUT2D eigenvalue weighted by Crippen LogP contribution is 2.27. The lowest BCUT2D eigenvalue weighted by molar-refractivity contribution is -0.119. The Morgan fingerprint density at radius 1 is 1.13 bits per heavy atom. The zero-order chi connectivity index (χ0) is 21.4. The standard InChI is InChI=1S/C21H15BrFN3O3S/c1-12-24-15(11-30-12)9-25(16-5-3-14(23)4-6-16)19(27)10-26-20(28)17-7-2-13(22)8-18(17)21(26)29/h2-8,11H,9-10H2,1H3. The van der Waals surface area contributed by atoms with Crippen molar-refractivity contribution >= 4 is 50.7 Å². The molecule has 0 aliphatic carbocycles. The molecule has 4 rings (SSSR count). The number of imide groups is 1. The average Bonchev–Trinajstić information content (AvgIpc) is 3.23. The van der Waals surface area contributed by atoms with Crippen LogP contribution in [0, 0.1) is 12.7 Å². The molecule has 0 spiro atoms. The van der Waals surface area contributed by atoms with E-state index in [-0.39, 0.29) is 17.7 Å². The second kappa shape index (κ2) is 8.08. The molecular weight excluding hydrogens is 473 g/mol. The summed E-state index contributed by atoms with van der Waals surface area (Å²) in [7, 11) is 0. The Hall–Kier alpha value is -2.91. The van der Waals surface area contributed by atoms with Crippen molar-refractivity contribution in [2.75, 3.05) is 11.4 Å². The molecule has 3 amide bonds. The number of anilines is 1. The van der Waals surface area contributed by atoms with Crippen LogP contribution in [0.5, 0.6) is 0 Å². The van der Waals surface area contributed by atoms with Crippen LogP contribution in [0.3, 0.4) is 0 Å². The molecule has 30 heavy (non-hydrogen) atoms. The molecule has 0 unspecified atom stereocenters. The van der Waals surface area contributed by atoms with Crippen molar-refractivity contribution in [2.24, 2.45) is 0 Å². The van der Waals surface area contributed by atoms with Crippen LogP contribution in [0.25, 0.3) is 0 Å². The zero-order valence-corrected chi connectivity index (χ0v) is 18.2. The molecule has 2 aromatic carbocycles. The third kappa shape index (κ3) is 3.90. The van der Waals surface area contributed by atoms with Crippen molar-refractivity contribution in [1.82, 2.24) is 9.88 Å². The minimum atomic E-state index is -0.520. The minimum Gasteiger partial charge on any atom is -0.305 e. The molecule has 0 saturated carbocycles. The molecule has 0 N–H and O–H groups in total. The second-order valence-electron chi connectivity index (χ2n) is 6.70. The molecule has 152 valence electrons. The number of rotatable bonds is 5. The summed E-state index contributed by atoms with van der Waals surface area (Å²) in [4.78, 5) is 45.3. The quantitative estimate of drug-likeness (QED) is 0.506. The third-order valence-electron chi connectivity index (χ3n) is 4.65. The SMILES string of the molecule is Cc1nc(CN(C(=O)CN2C(=O)c3ccc(Br)cc3C2=O)c2ccc(F)cc2)cs1. The van der Waals surface area contributed by atoms with Gasteiger partial charge in [-0.2, -0.15) is 0 Å². The number of aryl methyl sites for hydroxylation is 1. The largest absolute Gasteiger partial charge is 0.305 e. The molecule has 1 aliphatic rings.